The third kappa shape index (κ3) is 2.07. The van der Waals surface area contributed by atoms with Gasteiger partial charge < -0.3 is 0 Å². The second-order valence-electron chi connectivity index (χ2n) is 5.13. The quantitative estimate of drug-likeness (QED) is 0.469. The summed E-state index contributed by atoms with van der Waals surface area (Å²) in [4.78, 5) is 9.35. The van der Waals surface area contributed by atoms with Crippen molar-refractivity contribution in [1.29, 1.82) is 0 Å². The molecule has 6 heteroatoms. The third-order valence-corrected chi connectivity index (χ3v) is 5.49. The zero-order chi connectivity index (χ0) is 15.2. The number of hydrogen-bond acceptors (Lipinski definition) is 5. The van der Waals surface area contributed by atoms with Crippen LogP contribution in [-0.2, 0) is 0 Å². The second-order valence-corrected chi connectivity index (χ2v) is 6.88. The predicted molar refractivity (Wildman–Crippen MR) is 94.5 cm³/mol. The molecular weight excluding hydrogens is 324 g/mol. The number of para-hydroxylation sites is 1. The van der Waals surface area contributed by atoms with Crippen LogP contribution in [0.1, 0.15) is 0 Å². The Morgan fingerprint density at radius 1 is 0.870 bits per heavy atom. The van der Waals surface area contributed by atoms with Gasteiger partial charge in [-0.3, -0.25) is 0 Å². The van der Waals surface area contributed by atoms with Crippen molar-refractivity contribution in [2.75, 3.05) is 0 Å². The van der Waals surface area contributed by atoms with Crippen LogP contribution in [0.2, 0.25) is 0 Å². The molecule has 4 nitrogen and oxygen atoms in total. The highest BCUT2D eigenvalue weighted by molar-refractivity contribution is 7.16. The maximum atomic E-state index is 4.71. The van der Waals surface area contributed by atoms with Gasteiger partial charge in [-0.1, -0.05) is 48.5 Å². The van der Waals surface area contributed by atoms with E-state index < -0.39 is 0 Å². The summed E-state index contributed by atoms with van der Waals surface area (Å²) in [6, 6.07) is 18.3. The average Bonchev–Trinajstić information content (AvgIpc) is 3.29. The van der Waals surface area contributed by atoms with Gasteiger partial charge in [0.2, 0.25) is 5.13 Å². The van der Waals surface area contributed by atoms with Gasteiger partial charge in [-0.15, -0.1) is 11.3 Å². The van der Waals surface area contributed by atoms with Gasteiger partial charge in [0.1, 0.15) is 5.69 Å². The van der Waals surface area contributed by atoms with Crippen molar-refractivity contribution in [2.45, 2.75) is 0 Å². The van der Waals surface area contributed by atoms with Crippen LogP contribution < -0.4 is 0 Å². The first kappa shape index (κ1) is 12.9. The molecule has 0 unspecified atom stereocenters. The van der Waals surface area contributed by atoms with Crippen molar-refractivity contribution in [3.8, 4) is 27.1 Å². The molecule has 0 saturated carbocycles. The summed E-state index contributed by atoms with van der Waals surface area (Å²) in [5.41, 5.74) is 4.04. The monoisotopic (exact) mass is 334 g/mol. The van der Waals surface area contributed by atoms with Gasteiger partial charge in [-0.05, 0) is 17.6 Å². The molecule has 2 aliphatic rings. The molecule has 0 amide bonds. The number of benzene rings is 2. The lowest BCUT2D eigenvalue weighted by Crippen LogP contribution is -1.91. The van der Waals surface area contributed by atoms with Crippen LogP contribution in [0, 0.1) is 0 Å². The van der Waals surface area contributed by atoms with Crippen LogP contribution in [0.3, 0.4) is 0 Å². The maximum Gasteiger partial charge on any atom is 0.221 e. The minimum atomic E-state index is 0.871. The largest absolute Gasteiger partial charge is 0.233 e. The molecule has 0 radical (unpaired) electrons. The fourth-order valence-electron chi connectivity index (χ4n) is 2.58. The van der Waals surface area contributed by atoms with Crippen LogP contribution in [0.5, 0.6) is 0 Å². The van der Waals surface area contributed by atoms with Crippen LogP contribution in [0.4, 0.5) is 0 Å². The molecule has 23 heavy (non-hydrogen) atoms. The Kier molecular flexibility index (Phi) is 2.79. The average molecular weight is 334 g/mol. The first-order valence-corrected chi connectivity index (χ1v) is 8.80. The Balaban J connectivity index is 1.61. The molecule has 2 aromatic carbocycles. The first-order valence-electron chi connectivity index (χ1n) is 7.14. The standard InChI is InChI=1S/C17H10N4S2/c1-2-6-11(7-3-1)14-10-22-17(19-14)21-20-15-12-8-4-5-9-13(12)18-16(15)23-21/h1-10H. The Morgan fingerprint density at radius 2 is 1.70 bits per heavy atom. The molecule has 0 atom stereocenters. The van der Waals surface area contributed by atoms with Crippen molar-refractivity contribution < 1.29 is 0 Å². The summed E-state index contributed by atoms with van der Waals surface area (Å²) >= 11 is 3.12. The lowest BCUT2D eigenvalue weighted by molar-refractivity contribution is 0.952. The fraction of sp³-hybridized carbons (Fsp3) is 0. The van der Waals surface area contributed by atoms with Crippen molar-refractivity contribution >= 4 is 33.8 Å². The molecule has 2 aliphatic heterocycles. The van der Waals surface area contributed by atoms with Crippen LogP contribution in [0.15, 0.2) is 60.0 Å². The van der Waals surface area contributed by atoms with Crippen molar-refractivity contribution in [1.82, 2.24) is 19.1 Å². The van der Waals surface area contributed by atoms with Crippen molar-refractivity contribution in [3.05, 3.63) is 60.0 Å². The summed E-state index contributed by atoms with van der Waals surface area (Å²) in [5, 5.41) is 9.68. The van der Waals surface area contributed by atoms with E-state index in [-0.39, 0.29) is 0 Å². The zero-order valence-electron chi connectivity index (χ0n) is 11.9. The van der Waals surface area contributed by atoms with Gasteiger partial charge in [-0.25, -0.2) is 9.97 Å². The second kappa shape index (κ2) is 4.97. The highest BCUT2D eigenvalue weighted by Crippen LogP contribution is 2.35. The van der Waals surface area contributed by atoms with Gasteiger partial charge in [0.15, 0.2) is 5.01 Å². The molecule has 0 spiro atoms. The molecule has 0 aliphatic carbocycles. The number of nitrogens with zero attached hydrogens (tertiary/aromatic N) is 4. The summed E-state index contributed by atoms with van der Waals surface area (Å²) in [6.45, 7) is 0. The maximum absolute atomic E-state index is 4.71. The Morgan fingerprint density at radius 3 is 2.61 bits per heavy atom. The predicted octanol–water partition coefficient (Wildman–Crippen LogP) is 4.71. The number of rotatable bonds is 2. The molecule has 3 aromatic rings. The van der Waals surface area contributed by atoms with Gasteiger partial charge in [0, 0.05) is 16.3 Å². The molecule has 0 fully saturated rings. The molecule has 110 valence electrons. The van der Waals surface area contributed by atoms with Gasteiger partial charge in [0.05, 0.1) is 11.2 Å². The van der Waals surface area contributed by atoms with E-state index in [9.17, 15) is 0 Å². The van der Waals surface area contributed by atoms with Gasteiger partial charge in [-0.2, -0.15) is 9.17 Å². The van der Waals surface area contributed by atoms with Crippen LogP contribution in [-0.4, -0.2) is 19.1 Å². The molecular formula is C17H10N4S2. The highest BCUT2D eigenvalue weighted by atomic mass is 32.1. The Bertz CT molecular complexity index is 1070. The molecule has 1 aromatic heterocycles. The van der Waals surface area contributed by atoms with E-state index in [2.05, 4.69) is 28.6 Å². The van der Waals surface area contributed by atoms with Crippen LogP contribution in [0.25, 0.3) is 38.0 Å². The normalized spacial score (nSPS) is 11.5. The molecule has 0 N–H and O–H groups in total. The van der Waals surface area contributed by atoms with Gasteiger partial charge >= 0.3 is 0 Å². The minimum absolute atomic E-state index is 0.871. The van der Waals surface area contributed by atoms with Crippen molar-refractivity contribution in [3.63, 3.8) is 0 Å². The lowest BCUT2D eigenvalue weighted by atomic mass is 10.2. The van der Waals surface area contributed by atoms with E-state index in [0.29, 0.717) is 0 Å². The Labute approximate surface area is 140 Å². The number of fused-ring (bicyclic) bond motifs is 3. The first-order chi connectivity index (χ1) is 11.4. The van der Waals surface area contributed by atoms with E-state index in [1.807, 2.05) is 40.5 Å². The SMILES string of the molecule is c1ccc(-c2csc(-n3nc4c5ccccc5nc-4s3)n2)cc1. The van der Waals surface area contributed by atoms with E-state index in [1.54, 1.807) is 11.3 Å². The Hall–Kier alpha value is -2.57. The molecule has 5 rings (SSSR count). The molecule has 0 saturated heterocycles. The van der Waals surface area contributed by atoms with E-state index in [0.717, 1.165) is 38.0 Å². The smallest absolute Gasteiger partial charge is 0.221 e. The molecule has 0 bridgehead atoms. The fourth-order valence-corrected chi connectivity index (χ4v) is 4.29. The van der Waals surface area contributed by atoms with E-state index in [4.69, 9.17) is 10.1 Å². The molecule has 3 heterocycles. The topological polar surface area (TPSA) is 43.6 Å². The van der Waals surface area contributed by atoms with E-state index in [1.165, 1.54) is 11.5 Å². The zero-order valence-corrected chi connectivity index (χ0v) is 13.5. The van der Waals surface area contributed by atoms with E-state index >= 15 is 0 Å². The summed E-state index contributed by atoms with van der Waals surface area (Å²) in [6.07, 6.45) is 0. The summed E-state index contributed by atoms with van der Waals surface area (Å²) < 4.78 is 1.86. The van der Waals surface area contributed by atoms with Crippen LogP contribution >= 0.6 is 22.9 Å². The highest BCUT2D eigenvalue weighted by Gasteiger charge is 2.19. The van der Waals surface area contributed by atoms with Gasteiger partial charge in [0.25, 0.3) is 0 Å². The third-order valence-electron chi connectivity index (χ3n) is 3.67. The summed E-state index contributed by atoms with van der Waals surface area (Å²) in [5.74, 6) is 0. The lowest BCUT2D eigenvalue weighted by Gasteiger charge is -1.94. The summed E-state index contributed by atoms with van der Waals surface area (Å²) in [7, 11) is 0. The number of thiazole rings is 1. The van der Waals surface area contributed by atoms with Crippen molar-refractivity contribution in [2.24, 2.45) is 0 Å². The minimum Gasteiger partial charge on any atom is -0.233 e. The number of hydrogen-bond donors (Lipinski definition) is 0. The number of aromatic nitrogens is 4.